The van der Waals surface area contributed by atoms with E-state index in [1.165, 1.54) is 18.9 Å². The zero-order valence-corrected chi connectivity index (χ0v) is 8.50. The van der Waals surface area contributed by atoms with Crippen LogP contribution in [-0.4, -0.2) is 34.8 Å². The Hall–Kier alpha value is -0.810. The molecule has 0 radical (unpaired) electrons. The third-order valence-corrected chi connectivity index (χ3v) is 2.56. The van der Waals surface area contributed by atoms with Gasteiger partial charge in [-0.2, -0.15) is 0 Å². The molecule has 0 unspecified atom stereocenters. The average molecular weight is 200 g/mol. The number of aryl methyl sites for hydroxylation is 1. The number of imidazole rings is 1. The molecule has 0 aliphatic carbocycles. The van der Waals surface area contributed by atoms with E-state index in [0.29, 0.717) is 5.75 Å². The third-order valence-electron chi connectivity index (χ3n) is 1.44. The smallest absolute Gasteiger partial charge is 0.168 e. The predicted molar refractivity (Wildman–Crippen MR) is 50.8 cm³/mol. The Morgan fingerprint density at radius 2 is 2.54 bits per heavy atom. The van der Waals surface area contributed by atoms with E-state index in [-0.39, 0.29) is 12.4 Å². The van der Waals surface area contributed by atoms with Crippen molar-refractivity contribution in [3.8, 4) is 0 Å². The second kappa shape index (κ2) is 5.04. The van der Waals surface area contributed by atoms with Crippen LogP contribution in [0, 0.1) is 0 Å². The number of aromatic nitrogens is 2. The van der Waals surface area contributed by atoms with Crippen LogP contribution in [0.1, 0.15) is 0 Å². The van der Waals surface area contributed by atoms with Crippen LogP contribution >= 0.6 is 11.8 Å². The zero-order chi connectivity index (χ0) is 9.68. The quantitative estimate of drug-likeness (QED) is 0.657. The van der Waals surface area contributed by atoms with Crippen LogP contribution in [0.5, 0.6) is 0 Å². The molecule has 1 rings (SSSR count). The first-order valence-corrected chi connectivity index (χ1v) is 4.83. The van der Waals surface area contributed by atoms with E-state index in [0.717, 1.165) is 5.16 Å². The van der Waals surface area contributed by atoms with Crippen molar-refractivity contribution in [1.82, 2.24) is 9.55 Å². The van der Waals surface area contributed by atoms with Gasteiger partial charge in [0.1, 0.15) is 6.61 Å². The Bertz CT molecular complexity index is 285. The normalized spacial score (nSPS) is 10.3. The van der Waals surface area contributed by atoms with Gasteiger partial charge in [0.25, 0.3) is 0 Å². The van der Waals surface area contributed by atoms with Crippen molar-refractivity contribution in [2.45, 2.75) is 5.16 Å². The second-order valence-electron chi connectivity index (χ2n) is 2.58. The summed E-state index contributed by atoms with van der Waals surface area (Å²) in [5.41, 5.74) is 0. The lowest BCUT2D eigenvalue weighted by atomic mass is 10.5. The number of hydrogen-bond acceptors (Lipinski definition) is 4. The highest BCUT2D eigenvalue weighted by atomic mass is 32.2. The van der Waals surface area contributed by atoms with E-state index in [4.69, 9.17) is 4.74 Å². The van der Waals surface area contributed by atoms with Crippen molar-refractivity contribution in [1.29, 1.82) is 0 Å². The van der Waals surface area contributed by atoms with E-state index >= 15 is 0 Å². The minimum absolute atomic E-state index is 0.0792. The van der Waals surface area contributed by atoms with Crippen LogP contribution in [0.15, 0.2) is 17.6 Å². The Morgan fingerprint density at radius 3 is 3.08 bits per heavy atom. The van der Waals surface area contributed by atoms with Gasteiger partial charge in [0.2, 0.25) is 0 Å². The molecule has 0 N–H and O–H groups in total. The molecule has 5 heteroatoms. The van der Waals surface area contributed by atoms with Gasteiger partial charge in [0, 0.05) is 26.6 Å². The summed E-state index contributed by atoms with van der Waals surface area (Å²) >= 11 is 1.42. The molecule has 0 fully saturated rings. The Morgan fingerprint density at radius 1 is 1.77 bits per heavy atom. The fourth-order valence-electron chi connectivity index (χ4n) is 0.839. The highest BCUT2D eigenvalue weighted by Gasteiger charge is 2.04. The van der Waals surface area contributed by atoms with E-state index in [1.54, 1.807) is 6.20 Å². The molecular formula is C8H12N2O2S. The summed E-state index contributed by atoms with van der Waals surface area (Å²) in [6, 6.07) is 0. The molecule has 1 aromatic heterocycles. The van der Waals surface area contributed by atoms with Crippen LogP contribution in [0.4, 0.5) is 0 Å². The lowest BCUT2D eigenvalue weighted by Gasteiger charge is -2.00. The molecular weight excluding hydrogens is 188 g/mol. The van der Waals surface area contributed by atoms with Gasteiger partial charge in [-0.3, -0.25) is 4.79 Å². The first kappa shape index (κ1) is 10.3. The molecule has 0 aliphatic rings. The molecule has 0 spiro atoms. The molecule has 72 valence electrons. The fraction of sp³-hybridized carbons (Fsp3) is 0.500. The van der Waals surface area contributed by atoms with Gasteiger partial charge in [0.15, 0.2) is 10.9 Å². The molecule has 0 aliphatic heterocycles. The SMILES string of the molecule is COCC(=O)CSc1nccn1C. The lowest BCUT2D eigenvalue weighted by molar-refractivity contribution is -0.120. The zero-order valence-electron chi connectivity index (χ0n) is 7.69. The molecule has 0 amide bonds. The van der Waals surface area contributed by atoms with Crippen molar-refractivity contribution in [2.24, 2.45) is 7.05 Å². The maximum atomic E-state index is 11.1. The van der Waals surface area contributed by atoms with Crippen molar-refractivity contribution in [2.75, 3.05) is 19.5 Å². The van der Waals surface area contributed by atoms with Crippen LogP contribution in [-0.2, 0) is 16.6 Å². The fourth-order valence-corrected chi connectivity index (χ4v) is 1.61. The highest BCUT2D eigenvalue weighted by molar-refractivity contribution is 7.99. The van der Waals surface area contributed by atoms with Gasteiger partial charge in [-0.1, -0.05) is 11.8 Å². The molecule has 0 bridgehead atoms. The average Bonchev–Trinajstić information content (AvgIpc) is 2.48. The monoisotopic (exact) mass is 200 g/mol. The van der Waals surface area contributed by atoms with Gasteiger partial charge < -0.3 is 9.30 Å². The molecule has 0 atom stereocenters. The van der Waals surface area contributed by atoms with E-state index in [9.17, 15) is 4.79 Å². The van der Waals surface area contributed by atoms with E-state index in [2.05, 4.69) is 4.98 Å². The second-order valence-corrected chi connectivity index (χ2v) is 3.52. The molecule has 1 heterocycles. The summed E-state index contributed by atoms with van der Waals surface area (Å²) in [5, 5.41) is 0.851. The summed E-state index contributed by atoms with van der Waals surface area (Å²) in [6.45, 7) is 0.178. The highest BCUT2D eigenvalue weighted by Crippen LogP contribution is 2.13. The number of methoxy groups -OCH3 is 1. The van der Waals surface area contributed by atoms with E-state index in [1.807, 2.05) is 17.8 Å². The van der Waals surface area contributed by atoms with Gasteiger partial charge in [-0.05, 0) is 0 Å². The number of Topliss-reactive ketones (excluding diaryl/α,β-unsaturated/α-hetero) is 1. The summed E-state index contributed by atoms with van der Waals surface area (Å²) in [7, 11) is 3.42. The van der Waals surface area contributed by atoms with Crippen molar-refractivity contribution < 1.29 is 9.53 Å². The van der Waals surface area contributed by atoms with Crippen molar-refractivity contribution >= 4 is 17.5 Å². The number of nitrogens with zero attached hydrogens (tertiary/aromatic N) is 2. The number of rotatable bonds is 5. The molecule has 0 saturated carbocycles. The lowest BCUT2D eigenvalue weighted by Crippen LogP contribution is -2.09. The summed E-state index contributed by atoms with van der Waals surface area (Å²) < 4.78 is 6.59. The predicted octanol–water partition coefficient (Wildman–Crippen LogP) is 0.728. The van der Waals surface area contributed by atoms with Crippen LogP contribution in [0.3, 0.4) is 0 Å². The van der Waals surface area contributed by atoms with Crippen LogP contribution < -0.4 is 0 Å². The van der Waals surface area contributed by atoms with Gasteiger partial charge >= 0.3 is 0 Å². The van der Waals surface area contributed by atoms with Crippen LogP contribution in [0.2, 0.25) is 0 Å². The third kappa shape index (κ3) is 3.20. The van der Waals surface area contributed by atoms with Crippen molar-refractivity contribution in [3.05, 3.63) is 12.4 Å². The number of ketones is 1. The molecule has 4 nitrogen and oxygen atoms in total. The van der Waals surface area contributed by atoms with Gasteiger partial charge in [0.05, 0.1) is 5.75 Å². The number of ether oxygens (including phenoxy) is 1. The summed E-state index contributed by atoms with van der Waals surface area (Å²) in [4.78, 5) is 15.1. The Kier molecular flexibility index (Phi) is 3.98. The first-order chi connectivity index (χ1) is 6.24. The molecule has 1 aromatic rings. The van der Waals surface area contributed by atoms with E-state index < -0.39 is 0 Å². The first-order valence-electron chi connectivity index (χ1n) is 3.85. The van der Waals surface area contributed by atoms with Crippen molar-refractivity contribution in [3.63, 3.8) is 0 Å². The largest absolute Gasteiger partial charge is 0.377 e. The number of hydrogen-bond donors (Lipinski definition) is 0. The van der Waals surface area contributed by atoms with Gasteiger partial charge in [-0.15, -0.1) is 0 Å². The maximum Gasteiger partial charge on any atom is 0.168 e. The van der Waals surface area contributed by atoms with Crippen LogP contribution in [0.25, 0.3) is 0 Å². The molecule has 13 heavy (non-hydrogen) atoms. The number of carbonyl (C=O) groups is 1. The summed E-state index contributed by atoms with van der Waals surface area (Å²) in [6.07, 6.45) is 3.56. The maximum absolute atomic E-state index is 11.1. The topological polar surface area (TPSA) is 44.1 Å². The number of thioether (sulfide) groups is 1. The minimum Gasteiger partial charge on any atom is -0.377 e. The van der Waals surface area contributed by atoms with Gasteiger partial charge in [-0.25, -0.2) is 4.98 Å². The Labute approximate surface area is 81.3 Å². The molecule has 0 saturated heterocycles. The summed E-state index contributed by atoms with van der Waals surface area (Å²) in [5.74, 6) is 0.495. The minimum atomic E-state index is 0.0792. The Balaban J connectivity index is 2.35. The number of carbonyl (C=O) groups excluding carboxylic acids is 1. The standard InChI is InChI=1S/C8H12N2O2S/c1-10-4-3-9-8(10)13-6-7(11)5-12-2/h3-4H,5-6H2,1-2H3. The molecule has 0 aromatic carbocycles.